The highest BCUT2D eigenvalue weighted by atomic mass is 19.3. The number of halogens is 2. The predicted octanol–water partition coefficient (Wildman–Crippen LogP) is 3.10. The van der Waals surface area contributed by atoms with Gasteiger partial charge in [0.2, 0.25) is 0 Å². The zero-order valence-electron chi connectivity index (χ0n) is 12.7. The van der Waals surface area contributed by atoms with Gasteiger partial charge in [0.25, 0.3) is 5.92 Å². The second kappa shape index (κ2) is 5.61. The highest BCUT2D eigenvalue weighted by Gasteiger charge is 2.70. The van der Waals surface area contributed by atoms with Crippen molar-refractivity contribution in [2.45, 2.75) is 32.2 Å². The number of hydrogen-bond donors (Lipinski definition) is 0. The summed E-state index contributed by atoms with van der Waals surface area (Å²) in [6.07, 6.45) is 0.603. The van der Waals surface area contributed by atoms with Crippen LogP contribution in [0.1, 0.15) is 25.3 Å². The van der Waals surface area contributed by atoms with Gasteiger partial charge in [-0.05, 0) is 25.3 Å². The molecule has 0 radical (unpaired) electrons. The van der Waals surface area contributed by atoms with E-state index in [1.165, 1.54) is 0 Å². The lowest BCUT2D eigenvalue weighted by Crippen LogP contribution is -2.59. The molecule has 0 aromatic heterocycles. The molecule has 1 heterocycles. The van der Waals surface area contributed by atoms with Gasteiger partial charge in [-0.25, -0.2) is 8.78 Å². The third kappa shape index (κ3) is 2.32. The van der Waals surface area contributed by atoms with Crippen molar-refractivity contribution in [3.63, 3.8) is 0 Å². The number of fused-ring (bicyclic) bond motifs is 2. The first-order valence-electron chi connectivity index (χ1n) is 7.81. The Kier molecular flexibility index (Phi) is 3.93. The molecule has 5 heteroatoms. The molecule has 2 aliphatic rings. The van der Waals surface area contributed by atoms with E-state index in [2.05, 4.69) is 0 Å². The second-order valence-corrected chi connectivity index (χ2v) is 6.32. The highest BCUT2D eigenvalue weighted by Crippen LogP contribution is 2.57. The number of hydrogen-bond acceptors (Lipinski definition) is 3. The molecular formula is C17H21F2NO2. The van der Waals surface area contributed by atoms with E-state index >= 15 is 0 Å². The molecule has 0 N–H and O–H groups in total. The Hall–Kier alpha value is -1.49. The number of esters is 1. The second-order valence-electron chi connectivity index (χ2n) is 6.32. The van der Waals surface area contributed by atoms with Crippen LogP contribution in [-0.2, 0) is 16.1 Å². The van der Waals surface area contributed by atoms with E-state index in [1.807, 2.05) is 35.2 Å². The van der Waals surface area contributed by atoms with Gasteiger partial charge in [-0.1, -0.05) is 30.3 Å². The summed E-state index contributed by atoms with van der Waals surface area (Å²) in [5.74, 6) is -4.46. The molecule has 1 saturated carbocycles. The third-order valence-corrected chi connectivity index (χ3v) is 4.96. The fraction of sp³-hybridized carbons (Fsp3) is 0.588. The first-order chi connectivity index (χ1) is 10.5. The van der Waals surface area contributed by atoms with Crippen molar-refractivity contribution in [3.8, 4) is 0 Å². The lowest BCUT2D eigenvalue weighted by molar-refractivity contribution is -0.202. The van der Waals surface area contributed by atoms with E-state index in [-0.39, 0.29) is 19.6 Å². The average Bonchev–Trinajstić information content (AvgIpc) is 2.65. The number of alkyl halides is 2. The van der Waals surface area contributed by atoms with Crippen molar-refractivity contribution >= 4 is 5.97 Å². The Balaban J connectivity index is 1.83. The summed E-state index contributed by atoms with van der Waals surface area (Å²) in [7, 11) is 0. The molecule has 1 aliphatic heterocycles. The standard InChI is InChI=1S/C17H21F2NO2/c1-2-22-15(21)16-9-8-14(17(16,18)19)11-20(12-16)10-13-6-4-3-5-7-13/h3-7,14H,2,8-12H2,1H3/t14-,16+/m0/s1. The van der Waals surface area contributed by atoms with Gasteiger partial charge in [0.15, 0.2) is 0 Å². The van der Waals surface area contributed by atoms with Crippen LogP contribution in [0.4, 0.5) is 8.78 Å². The van der Waals surface area contributed by atoms with Gasteiger partial charge in [-0.15, -0.1) is 0 Å². The van der Waals surface area contributed by atoms with E-state index < -0.39 is 23.2 Å². The van der Waals surface area contributed by atoms with Crippen LogP contribution in [0.15, 0.2) is 30.3 Å². The summed E-state index contributed by atoms with van der Waals surface area (Å²) in [4.78, 5) is 14.2. The maximum absolute atomic E-state index is 14.7. The third-order valence-electron chi connectivity index (χ3n) is 4.96. The molecule has 120 valence electrons. The molecule has 1 aromatic rings. The van der Waals surface area contributed by atoms with E-state index in [4.69, 9.17) is 4.74 Å². The number of benzene rings is 1. The van der Waals surface area contributed by atoms with Gasteiger partial charge >= 0.3 is 5.97 Å². The van der Waals surface area contributed by atoms with Crippen molar-refractivity contribution in [2.24, 2.45) is 11.3 Å². The van der Waals surface area contributed by atoms with Gasteiger partial charge < -0.3 is 4.74 Å². The van der Waals surface area contributed by atoms with E-state index in [0.29, 0.717) is 19.5 Å². The van der Waals surface area contributed by atoms with Crippen LogP contribution in [0.25, 0.3) is 0 Å². The Morgan fingerprint density at radius 1 is 1.36 bits per heavy atom. The van der Waals surface area contributed by atoms with Gasteiger partial charge in [0.1, 0.15) is 5.41 Å². The molecule has 2 atom stereocenters. The SMILES string of the molecule is CCOC(=O)[C@@]12CC[C@@H](CN(Cc3ccccc3)C1)C2(F)F. The monoisotopic (exact) mass is 309 g/mol. The lowest BCUT2D eigenvalue weighted by Gasteiger charge is -2.44. The normalized spacial score (nSPS) is 30.2. The number of ether oxygens (including phenoxy) is 1. The minimum absolute atomic E-state index is 0.0736. The molecule has 3 rings (SSSR count). The fourth-order valence-corrected chi connectivity index (χ4v) is 3.84. The quantitative estimate of drug-likeness (QED) is 0.801. The molecule has 1 aromatic carbocycles. The molecule has 3 nitrogen and oxygen atoms in total. The predicted molar refractivity (Wildman–Crippen MR) is 78.5 cm³/mol. The molecule has 1 saturated heterocycles. The zero-order valence-corrected chi connectivity index (χ0v) is 12.7. The van der Waals surface area contributed by atoms with Gasteiger partial charge in [0.05, 0.1) is 6.61 Å². The number of rotatable bonds is 4. The fourth-order valence-electron chi connectivity index (χ4n) is 3.84. The number of piperidine rings is 1. The largest absolute Gasteiger partial charge is 0.465 e. The van der Waals surface area contributed by atoms with Crippen LogP contribution >= 0.6 is 0 Å². The molecule has 2 bridgehead atoms. The van der Waals surface area contributed by atoms with E-state index in [9.17, 15) is 13.6 Å². The average molecular weight is 309 g/mol. The number of nitrogens with zero attached hydrogens (tertiary/aromatic N) is 1. The summed E-state index contributed by atoms with van der Waals surface area (Å²) >= 11 is 0. The topological polar surface area (TPSA) is 29.5 Å². The highest BCUT2D eigenvalue weighted by molar-refractivity contribution is 5.79. The van der Waals surface area contributed by atoms with Crippen LogP contribution in [-0.4, -0.2) is 36.5 Å². The molecule has 0 amide bonds. The summed E-state index contributed by atoms with van der Waals surface area (Å²) < 4.78 is 34.3. The Labute approximate surface area is 129 Å². The number of likely N-dealkylation sites (tertiary alicyclic amines) is 1. The van der Waals surface area contributed by atoms with Crippen molar-refractivity contribution in [1.29, 1.82) is 0 Å². The van der Waals surface area contributed by atoms with Crippen molar-refractivity contribution in [1.82, 2.24) is 4.90 Å². The zero-order chi connectivity index (χ0) is 15.8. The Morgan fingerprint density at radius 2 is 2.09 bits per heavy atom. The minimum Gasteiger partial charge on any atom is -0.465 e. The Morgan fingerprint density at radius 3 is 2.77 bits per heavy atom. The maximum atomic E-state index is 14.7. The first-order valence-corrected chi connectivity index (χ1v) is 7.81. The van der Waals surface area contributed by atoms with Gasteiger partial charge in [0, 0.05) is 25.6 Å². The molecule has 2 fully saturated rings. The lowest BCUT2D eigenvalue weighted by atomic mass is 9.78. The van der Waals surface area contributed by atoms with Crippen LogP contribution in [0.5, 0.6) is 0 Å². The van der Waals surface area contributed by atoms with Crippen LogP contribution in [0.3, 0.4) is 0 Å². The molecular weight excluding hydrogens is 288 g/mol. The first kappa shape index (κ1) is 15.4. The number of carbonyl (C=O) groups is 1. The maximum Gasteiger partial charge on any atom is 0.319 e. The summed E-state index contributed by atoms with van der Waals surface area (Å²) in [6.45, 7) is 2.80. The summed E-state index contributed by atoms with van der Waals surface area (Å²) in [5.41, 5.74) is -0.591. The number of carbonyl (C=O) groups excluding carboxylic acids is 1. The molecule has 0 spiro atoms. The summed E-state index contributed by atoms with van der Waals surface area (Å²) in [6, 6.07) is 9.75. The van der Waals surface area contributed by atoms with Crippen molar-refractivity contribution in [2.75, 3.05) is 19.7 Å². The van der Waals surface area contributed by atoms with E-state index in [1.54, 1.807) is 6.92 Å². The summed E-state index contributed by atoms with van der Waals surface area (Å²) in [5, 5.41) is 0. The Bertz CT molecular complexity index is 549. The smallest absolute Gasteiger partial charge is 0.319 e. The van der Waals surface area contributed by atoms with Gasteiger partial charge in [-0.2, -0.15) is 0 Å². The molecule has 22 heavy (non-hydrogen) atoms. The van der Waals surface area contributed by atoms with Crippen LogP contribution in [0.2, 0.25) is 0 Å². The van der Waals surface area contributed by atoms with Crippen molar-refractivity contribution < 1.29 is 18.3 Å². The van der Waals surface area contributed by atoms with Crippen LogP contribution < -0.4 is 0 Å². The van der Waals surface area contributed by atoms with Gasteiger partial charge in [-0.3, -0.25) is 9.69 Å². The minimum atomic E-state index is -2.97. The van der Waals surface area contributed by atoms with Crippen LogP contribution in [0, 0.1) is 11.3 Å². The molecule has 1 aliphatic carbocycles. The van der Waals surface area contributed by atoms with E-state index in [0.717, 1.165) is 5.56 Å². The molecule has 0 unspecified atom stereocenters. The van der Waals surface area contributed by atoms with Crippen molar-refractivity contribution in [3.05, 3.63) is 35.9 Å².